The third-order valence-electron chi connectivity index (χ3n) is 3.88. The van der Waals surface area contributed by atoms with Crippen molar-refractivity contribution < 1.29 is 9.00 Å². The Morgan fingerprint density at radius 1 is 1.14 bits per heavy atom. The van der Waals surface area contributed by atoms with E-state index in [2.05, 4.69) is 5.32 Å². The summed E-state index contributed by atoms with van der Waals surface area (Å²) in [5.41, 5.74) is 0.645. The molecule has 1 amide bonds. The summed E-state index contributed by atoms with van der Waals surface area (Å²) in [6.45, 7) is 0. The van der Waals surface area contributed by atoms with Gasteiger partial charge in [-0.25, -0.2) is 0 Å². The monoisotopic (exact) mass is 361 g/mol. The second kappa shape index (κ2) is 8.90. The maximum atomic E-state index is 12.2. The minimum absolute atomic E-state index is 0.00193. The van der Waals surface area contributed by atoms with Crippen LogP contribution in [-0.4, -0.2) is 21.9 Å². The summed E-state index contributed by atoms with van der Waals surface area (Å²) in [4.78, 5) is 12.0. The van der Waals surface area contributed by atoms with Gasteiger partial charge < -0.3 is 5.32 Å². The first-order valence-corrected chi connectivity index (χ1v) is 9.88. The minimum atomic E-state index is -1.31. The van der Waals surface area contributed by atoms with E-state index >= 15 is 0 Å². The SMILES string of the molecule is O=C(C[S@@](=O)Cc1c(Cl)cccc1Cl)NC1CCCCCC1. The van der Waals surface area contributed by atoms with E-state index < -0.39 is 10.8 Å². The lowest BCUT2D eigenvalue weighted by Gasteiger charge is -2.16. The van der Waals surface area contributed by atoms with Gasteiger partial charge in [-0.3, -0.25) is 9.00 Å². The Morgan fingerprint density at radius 2 is 1.73 bits per heavy atom. The molecule has 1 aliphatic rings. The lowest BCUT2D eigenvalue weighted by molar-refractivity contribution is -0.119. The van der Waals surface area contributed by atoms with Gasteiger partial charge in [0.05, 0.1) is 5.75 Å². The molecule has 122 valence electrons. The number of hydrogen-bond donors (Lipinski definition) is 1. The molecule has 0 unspecified atom stereocenters. The maximum absolute atomic E-state index is 12.2. The zero-order chi connectivity index (χ0) is 15.9. The first-order chi connectivity index (χ1) is 10.6. The lowest BCUT2D eigenvalue weighted by Crippen LogP contribution is -2.37. The van der Waals surface area contributed by atoms with Crippen LogP contribution in [0, 0.1) is 0 Å². The van der Waals surface area contributed by atoms with Crippen molar-refractivity contribution in [2.24, 2.45) is 0 Å². The Morgan fingerprint density at radius 3 is 2.32 bits per heavy atom. The van der Waals surface area contributed by atoms with Crippen LogP contribution in [0.5, 0.6) is 0 Å². The molecule has 0 radical (unpaired) electrons. The van der Waals surface area contributed by atoms with E-state index in [9.17, 15) is 9.00 Å². The fourth-order valence-electron chi connectivity index (χ4n) is 2.72. The number of carbonyl (C=O) groups is 1. The van der Waals surface area contributed by atoms with E-state index in [1.165, 1.54) is 12.8 Å². The first kappa shape index (κ1) is 17.8. The highest BCUT2D eigenvalue weighted by Gasteiger charge is 2.17. The second-order valence-electron chi connectivity index (χ2n) is 5.68. The number of benzene rings is 1. The van der Waals surface area contributed by atoms with Gasteiger partial charge in [0.15, 0.2) is 0 Å². The zero-order valence-electron chi connectivity index (χ0n) is 12.4. The molecule has 1 atom stereocenters. The molecule has 0 aromatic heterocycles. The molecule has 1 aromatic carbocycles. The van der Waals surface area contributed by atoms with Crippen LogP contribution >= 0.6 is 23.2 Å². The zero-order valence-corrected chi connectivity index (χ0v) is 14.8. The van der Waals surface area contributed by atoms with Crippen LogP contribution in [0.4, 0.5) is 0 Å². The van der Waals surface area contributed by atoms with Gasteiger partial charge in [-0.1, -0.05) is 55.0 Å². The van der Waals surface area contributed by atoms with Crippen molar-refractivity contribution in [3.05, 3.63) is 33.8 Å². The van der Waals surface area contributed by atoms with Crippen LogP contribution in [0.3, 0.4) is 0 Å². The van der Waals surface area contributed by atoms with Crippen LogP contribution in [0.15, 0.2) is 18.2 Å². The summed E-state index contributed by atoms with van der Waals surface area (Å²) in [6.07, 6.45) is 6.84. The Hall–Kier alpha value is -0.580. The van der Waals surface area contributed by atoms with E-state index in [1.807, 2.05) is 0 Å². The van der Waals surface area contributed by atoms with Crippen molar-refractivity contribution in [2.75, 3.05) is 5.75 Å². The van der Waals surface area contributed by atoms with E-state index in [0.717, 1.165) is 25.7 Å². The standard InChI is InChI=1S/C16H21Cl2NO2S/c17-14-8-5-9-15(18)13(14)10-22(21)11-16(20)19-12-6-3-1-2-4-7-12/h5,8-9,12H,1-4,6-7,10-11H2,(H,19,20)/t22-/m0/s1. The lowest BCUT2D eigenvalue weighted by atomic mass is 10.1. The molecule has 0 spiro atoms. The van der Waals surface area contributed by atoms with Crippen LogP contribution in [0.1, 0.15) is 44.1 Å². The molecule has 0 bridgehead atoms. The Balaban J connectivity index is 1.84. The van der Waals surface area contributed by atoms with Gasteiger partial charge in [-0.05, 0) is 25.0 Å². The fourth-order valence-corrected chi connectivity index (χ4v) is 4.52. The van der Waals surface area contributed by atoms with Crippen molar-refractivity contribution in [1.82, 2.24) is 5.32 Å². The van der Waals surface area contributed by atoms with Crippen molar-refractivity contribution in [3.63, 3.8) is 0 Å². The number of carbonyl (C=O) groups excluding carboxylic acids is 1. The molecule has 0 aliphatic heterocycles. The van der Waals surface area contributed by atoms with Crippen molar-refractivity contribution in [2.45, 2.75) is 50.3 Å². The average molecular weight is 362 g/mol. The number of nitrogens with one attached hydrogen (secondary N) is 1. The second-order valence-corrected chi connectivity index (χ2v) is 7.96. The molecule has 22 heavy (non-hydrogen) atoms. The topological polar surface area (TPSA) is 46.2 Å². The van der Waals surface area contributed by atoms with Gasteiger partial charge in [-0.2, -0.15) is 0 Å². The van der Waals surface area contributed by atoms with Gasteiger partial charge in [0.25, 0.3) is 0 Å². The summed E-state index contributed by atoms with van der Waals surface area (Å²) in [5, 5.41) is 3.99. The van der Waals surface area contributed by atoms with E-state index in [0.29, 0.717) is 15.6 Å². The molecule has 3 nitrogen and oxygen atoms in total. The quantitative estimate of drug-likeness (QED) is 0.803. The van der Waals surface area contributed by atoms with Gasteiger partial charge in [-0.15, -0.1) is 0 Å². The van der Waals surface area contributed by atoms with Gasteiger partial charge in [0.2, 0.25) is 5.91 Å². The van der Waals surface area contributed by atoms with Gasteiger partial charge >= 0.3 is 0 Å². The normalized spacial score (nSPS) is 17.7. The van der Waals surface area contributed by atoms with Crippen LogP contribution in [0.25, 0.3) is 0 Å². The number of halogens is 2. The third kappa shape index (κ3) is 5.56. The van der Waals surface area contributed by atoms with Gasteiger partial charge in [0, 0.05) is 32.5 Å². The number of rotatable bonds is 5. The average Bonchev–Trinajstić information content (AvgIpc) is 2.71. The van der Waals surface area contributed by atoms with Crippen molar-refractivity contribution in [1.29, 1.82) is 0 Å². The molecule has 1 aliphatic carbocycles. The van der Waals surface area contributed by atoms with Crippen molar-refractivity contribution >= 4 is 39.9 Å². The van der Waals surface area contributed by atoms with Crippen LogP contribution in [0.2, 0.25) is 10.0 Å². The molecule has 0 heterocycles. The maximum Gasteiger partial charge on any atom is 0.232 e. The highest BCUT2D eigenvalue weighted by atomic mass is 35.5. The predicted octanol–water partition coefficient (Wildman–Crippen LogP) is 4.08. The molecule has 2 rings (SSSR count). The Labute approximate surface area is 144 Å². The number of hydrogen-bond acceptors (Lipinski definition) is 2. The molecular weight excluding hydrogens is 341 g/mol. The summed E-state index contributed by atoms with van der Waals surface area (Å²) in [5.74, 6) is 0.0580. The van der Waals surface area contributed by atoms with Crippen LogP contribution in [-0.2, 0) is 21.3 Å². The molecule has 6 heteroatoms. The van der Waals surface area contributed by atoms with Crippen LogP contribution < -0.4 is 5.32 Å². The molecule has 0 saturated heterocycles. The van der Waals surface area contributed by atoms with E-state index in [1.54, 1.807) is 18.2 Å². The predicted molar refractivity (Wildman–Crippen MR) is 92.8 cm³/mol. The third-order valence-corrected chi connectivity index (χ3v) is 5.78. The molecule has 1 aromatic rings. The van der Waals surface area contributed by atoms with Crippen molar-refractivity contribution in [3.8, 4) is 0 Å². The summed E-state index contributed by atoms with van der Waals surface area (Å²) >= 11 is 12.1. The summed E-state index contributed by atoms with van der Waals surface area (Å²) in [6, 6.07) is 5.41. The summed E-state index contributed by atoms with van der Waals surface area (Å²) < 4.78 is 12.2. The molecule has 1 saturated carbocycles. The number of amides is 1. The first-order valence-electron chi connectivity index (χ1n) is 7.63. The molecular formula is C16H21Cl2NO2S. The van der Waals surface area contributed by atoms with E-state index in [4.69, 9.17) is 23.2 Å². The highest BCUT2D eigenvalue weighted by Crippen LogP contribution is 2.25. The smallest absolute Gasteiger partial charge is 0.232 e. The molecule has 1 N–H and O–H groups in total. The highest BCUT2D eigenvalue weighted by molar-refractivity contribution is 7.84. The van der Waals surface area contributed by atoms with E-state index in [-0.39, 0.29) is 23.5 Å². The minimum Gasteiger partial charge on any atom is -0.353 e. The Bertz CT molecular complexity index is 523. The Kier molecular flexibility index (Phi) is 7.19. The largest absolute Gasteiger partial charge is 0.353 e. The summed E-state index contributed by atoms with van der Waals surface area (Å²) in [7, 11) is -1.31. The molecule has 1 fully saturated rings. The fraction of sp³-hybridized carbons (Fsp3) is 0.562. The van der Waals surface area contributed by atoms with Gasteiger partial charge in [0.1, 0.15) is 5.75 Å².